The van der Waals surface area contributed by atoms with Gasteiger partial charge in [0.1, 0.15) is 5.84 Å². The highest BCUT2D eigenvalue weighted by molar-refractivity contribution is 5.79. The summed E-state index contributed by atoms with van der Waals surface area (Å²) in [5, 5.41) is 14.4. The first-order chi connectivity index (χ1) is 7.66. The fourth-order valence-corrected chi connectivity index (χ4v) is 1.06. The van der Waals surface area contributed by atoms with Crippen molar-refractivity contribution in [1.29, 1.82) is 0 Å². The minimum Gasteiger partial charge on any atom is -0.409 e. The van der Waals surface area contributed by atoms with E-state index in [0.717, 1.165) is 39.3 Å². The predicted octanol–water partition coefficient (Wildman–Crippen LogP) is -0.319. The van der Waals surface area contributed by atoms with Crippen LogP contribution in [0.25, 0.3) is 0 Å². The van der Waals surface area contributed by atoms with Crippen LogP contribution in [0.15, 0.2) is 5.16 Å². The number of rotatable bonds is 10. The molecule has 0 aromatic heterocycles. The van der Waals surface area contributed by atoms with Crippen molar-refractivity contribution >= 4 is 5.84 Å². The molecule has 6 nitrogen and oxygen atoms in total. The van der Waals surface area contributed by atoms with Crippen LogP contribution in [0.3, 0.4) is 0 Å². The highest BCUT2D eigenvalue weighted by Crippen LogP contribution is 1.86. The van der Waals surface area contributed by atoms with Gasteiger partial charge in [-0.25, -0.2) is 0 Å². The number of nitrogens with one attached hydrogen (secondary N) is 1. The molecule has 0 aliphatic heterocycles. The smallest absolute Gasteiger partial charge is 0.139 e. The summed E-state index contributed by atoms with van der Waals surface area (Å²) in [6.45, 7) is 4.12. The highest BCUT2D eigenvalue weighted by Gasteiger charge is 1.94. The third-order valence-electron chi connectivity index (χ3n) is 2.02. The molecule has 0 fully saturated rings. The highest BCUT2D eigenvalue weighted by atomic mass is 16.5. The quantitative estimate of drug-likeness (QED) is 0.158. The lowest BCUT2D eigenvalue weighted by Gasteiger charge is -2.10. The van der Waals surface area contributed by atoms with Crippen molar-refractivity contribution in [2.45, 2.75) is 12.8 Å². The Bertz CT molecular complexity index is 186. The Balaban J connectivity index is 3.04. The molecule has 0 rings (SSSR count). The van der Waals surface area contributed by atoms with Gasteiger partial charge in [0.05, 0.1) is 13.2 Å². The average Bonchev–Trinajstić information content (AvgIpc) is 2.26. The van der Waals surface area contributed by atoms with Crippen LogP contribution >= 0.6 is 0 Å². The van der Waals surface area contributed by atoms with Crippen molar-refractivity contribution in [2.75, 3.05) is 46.9 Å². The van der Waals surface area contributed by atoms with Gasteiger partial charge in [-0.3, -0.25) is 0 Å². The van der Waals surface area contributed by atoms with Gasteiger partial charge in [0.25, 0.3) is 0 Å². The van der Waals surface area contributed by atoms with E-state index in [9.17, 15) is 0 Å². The van der Waals surface area contributed by atoms with Crippen molar-refractivity contribution in [3.63, 3.8) is 0 Å². The second kappa shape index (κ2) is 10.7. The first kappa shape index (κ1) is 15.2. The number of likely N-dealkylation sites (N-methyl/N-ethyl adjacent to an activating group) is 1. The summed E-state index contributed by atoms with van der Waals surface area (Å²) in [4.78, 5) is 2.09. The first-order valence-corrected chi connectivity index (χ1v) is 5.56. The van der Waals surface area contributed by atoms with Gasteiger partial charge in [0, 0.05) is 19.5 Å². The van der Waals surface area contributed by atoms with E-state index in [1.807, 2.05) is 14.1 Å². The van der Waals surface area contributed by atoms with Crippen molar-refractivity contribution < 1.29 is 9.94 Å². The van der Waals surface area contributed by atoms with Crippen LogP contribution in [0, 0.1) is 0 Å². The topological polar surface area (TPSA) is 83.1 Å². The fourth-order valence-electron chi connectivity index (χ4n) is 1.06. The van der Waals surface area contributed by atoms with E-state index in [1.54, 1.807) is 0 Å². The average molecular weight is 232 g/mol. The second-order valence-corrected chi connectivity index (χ2v) is 3.86. The molecule has 0 saturated carbocycles. The van der Waals surface area contributed by atoms with E-state index in [-0.39, 0.29) is 5.84 Å². The standard InChI is InChI=1S/C10H24N4O2/c1-14(2)7-9-16-8-6-12-5-3-4-10(11)13-15/h12,15H,3-9H2,1-2H3,(H2,11,13). The molecule has 0 spiro atoms. The summed E-state index contributed by atoms with van der Waals surface area (Å²) in [6, 6.07) is 0. The van der Waals surface area contributed by atoms with Gasteiger partial charge in [-0.05, 0) is 27.1 Å². The van der Waals surface area contributed by atoms with E-state index in [2.05, 4.69) is 15.4 Å². The number of nitrogens with two attached hydrogens (primary N) is 1. The Kier molecular flexibility index (Phi) is 10.1. The summed E-state index contributed by atoms with van der Waals surface area (Å²) < 4.78 is 5.40. The van der Waals surface area contributed by atoms with E-state index in [0.29, 0.717) is 6.42 Å². The Labute approximate surface area is 97.4 Å². The number of hydrogen-bond donors (Lipinski definition) is 3. The molecule has 0 heterocycles. The molecule has 0 saturated heterocycles. The van der Waals surface area contributed by atoms with Crippen LogP contribution in [0.5, 0.6) is 0 Å². The molecule has 6 heteroatoms. The van der Waals surface area contributed by atoms with Gasteiger partial charge in [-0.15, -0.1) is 0 Å². The van der Waals surface area contributed by atoms with Crippen LogP contribution in [0.2, 0.25) is 0 Å². The molecule has 4 N–H and O–H groups in total. The molecule has 16 heavy (non-hydrogen) atoms. The van der Waals surface area contributed by atoms with Gasteiger partial charge < -0.3 is 25.9 Å². The lowest BCUT2D eigenvalue weighted by Crippen LogP contribution is -2.24. The Morgan fingerprint density at radius 2 is 2.12 bits per heavy atom. The molecule has 0 atom stereocenters. The van der Waals surface area contributed by atoms with Gasteiger partial charge >= 0.3 is 0 Å². The number of hydrogen-bond acceptors (Lipinski definition) is 5. The van der Waals surface area contributed by atoms with Crippen LogP contribution in [-0.4, -0.2) is 62.9 Å². The Hall–Kier alpha value is -0.850. The minimum absolute atomic E-state index is 0.282. The molecule has 96 valence electrons. The lowest BCUT2D eigenvalue weighted by molar-refractivity contribution is 0.119. The Morgan fingerprint density at radius 3 is 2.75 bits per heavy atom. The van der Waals surface area contributed by atoms with Gasteiger partial charge in [-0.1, -0.05) is 5.16 Å². The zero-order valence-corrected chi connectivity index (χ0v) is 10.3. The van der Waals surface area contributed by atoms with Crippen molar-refractivity contribution in [1.82, 2.24) is 10.2 Å². The number of ether oxygens (including phenoxy) is 1. The molecule has 0 aliphatic rings. The van der Waals surface area contributed by atoms with Crippen LogP contribution < -0.4 is 11.1 Å². The second-order valence-electron chi connectivity index (χ2n) is 3.86. The third-order valence-corrected chi connectivity index (χ3v) is 2.02. The molecule has 0 aromatic carbocycles. The number of oxime groups is 1. The molecule has 0 radical (unpaired) electrons. The predicted molar refractivity (Wildman–Crippen MR) is 64.9 cm³/mol. The summed E-state index contributed by atoms with van der Waals surface area (Å²) in [5.41, 5.74) is 5.32. The van der Waals surface area contributed by atoms with Gasteiger partial charge in [-0.2, -0.15) is 0 Å². The summed E-state index contributed by atoms with van der Waals surface area (Å²) in [6.07, 6.45) is 1.48. The SMILES string of the molecule is CN(C)CCOCCNCCCC(N)=NO. The normalized spacial score (nSPS) is 12.3. The minimum atomic E-state index is 0.282. The lowest BCUT2D eigenvalue weighted by atomic mass is 10.3. The summed E-state index contributed by atoms with van der Waals surface area (Å²) in [5.74, 6) is 0.282. The number of nitrogens with zero attached hydrogens (tertiary/aromatic N) is 2. The number of amidine groups is 1. The molecule has 0 aliphatic carbocycles. The molecular formula is C10H24N4O2. The molecule has 0 amide bonds. The maximum Gasteiger partial charge on any atom is 0.139 e. The van der Waals surface area contributed by atoms with Crippen LogP contribution in [-0.2, 0) is 4.74 Å². The van der Waals surface area contributed by atoms with E-state index in [1.165, 1.54) is 0 Å². The van der Waals surface area contributed by atoms with Gasteiger partial charge in [0.2, 0.25) is 0 Å². The maximum absolute atomic E-state index is 8.30. The zero-order valence-electron chi connectivity index (χ0n) is 10.3. The fraction of sp³-hybridized carbons (Fsp3) is 0.900. The van der Waals surface area contributed by atoms with E-state index >= 15 is 0 Å². The van der Waals surface area contributed by atoms with Crippen molar-refractivity contribution in [2.24, 2.45) is 10.9 Å². The van der Waals surface area contributed by atoms with Crippen molar-refractivity contribution in [3.8, 4) is 0 Å². The van der Waals surface area contributed by atoms with E-state index < -0.39 is 0 Å². The monoisotopic (exact) mass is 232 g/mol. The third kappa shape index (κ3) is 11.2. The molecule has 0 unspecified atom stereocenters. The zero-order chi connectivity index (χ0) is 12.2. The molecule has 0 bridgehead atoms. The largest absolute Gasteiger partial charge is 0.409 e. The van der Waals surface area contributed by atoms with Crippen molar-refractivity contribution in [3.05, 3.63) is 0 Å². The van der Waals surface area contributed by atoms with Crippen LogP contribution in [0.1, 0.15) is 12.8 Å². The summed E-state index contributed by atoms with van der Waals surface area (Å²) in [7, 11) is 4.05. The van der Waals surface area contributed by atoms with Crippen LogP contribution in [0.4, 0.5) is 0 Å². The Morgan fingerprint density at radius 1 is 1.38 bits per heavy atom. The molecule has 0 aromatic rings. The summed E-state index contributed by atoms with van der Waals surface area (Å²) >= 11 is 0. The molecular weight excluding hydrogens is 208 g/mol. The van der Waals surface area contributed by atoms with E-state index in [4.69, 9.17) is 15.7 Å². The first-order valence-electron chi connectivity index (χ1n) is 5.56. The van der Waals surface area contributed by atoms with Gasteiger partial charge in [0.15, 0.2) is 0 Å². The maximum atomic E-state index is 8.30.